The molecule has 1 rings (SSSR count). The van der Waals surface area contributed by atoms with Gasteiger partial charge < -0.3 is 5.73 Å². The number of aromatic nitrogens is 1. The van der Waals surface area contributed by atoms with Crippen LogP contribution in [0.3, 0.4) is 0 Å². The molecule has 54 valence electrons. The third-order valence-electron chi connectivity index (χ3n) is 1.08. The van der Waals surface area contributed by atoms with Crippen LogP contribution in [0.1, 0.15) is 5.56 Å². The molecule has 0 fully saturated rings. The van der Waals surface area contributed by atoms with Crippen molar-refractivity contribution in [3.8, 4) is 0 Å². The number of hydrogen-bond acceptors (Lipinski definition) is 2. The normalized spacial score (nSPS) is 9.80. The Bertz CT molecular complexity index is 239. The average molecular weight is 268 g/mol. The Balaban J connectivity index is 3.09. The van der Waals surface area contributed by atoms with Crippen molar-refractivity contribution >= 4 is 39.9 Å². The van der Waals surface area contributed by atoms with Crippen LogP contribution in [0.15, 0.2) is 12.3 Å². The number of nitrogens with two attached hydrogens (primary N) is 1. The molecule has 1 heterocycles. The molecule has 0 bridgehead atoms. The number of pyridine rings is 1. The number of halogens is 2. The predicted octanol–water partition coefficient (Wildman–Crippen LogP) is 2.01. The topological polar surface area (TPSA) is 38.9 Å². The van der Waals surface area contributed by atoms with Gasteiger partial charge in [0.1, 0.15) is 3.70 Å². The van der Waals surface area contributed by atoms with Gasteiger partial charge in [-0.3, -0.25) is 0 Å². The minimum atomic E-state index is 0.469. The van der Waals surface area contributed by atoms with E-state index >= 15 is 0 Å². The minimum Gasteiger partial charge on any atom is -0.397 e. The number of anilines is 1. The number of nitrogens with zero attached hydrogens (tertiary/aromatic N) is 1. The molecule has 4 heteroatoms. The zero-order chi connectivity index (χ0) is 7.56. The molecule has 2 nitrogen and oxygen atoms in total. The van der Waals surface area contributed by atoms with E-state index in [4.69, 9.17) is 17.3 Å². The van der Waals surface area contributed by atoms with E-state index in [-0.39, 0.29) is 0 Å². The maximum atomic E-state index is 5.60. The van der Waals surface area contributed by atoms with Crippen LogP contribution in [0, 0.1) is 3.70 Å². The highest BCUT2D eigenvalue weighted by Crippen LogP contribution is 2.14. The third kappa shape index (κ3) is 1.73. The fourth-order valence-corrected chi connectivity index (χ4v) is 1.52. The van der Waals surface area contributed by atoms with Crippen molar-refractivity contribution in [3.63, 3.8) is 0 Å². The van der Waals surface area contributed by atoms with E-state index in [1.54, 1.807) is 6.20 Å². The van der Waals surface area contributed by atoms with E-state index in [0.29, 0.717) is 11.6 Å². The third-order valence-corrected chi connectivity index (χ3v) is 2.34. The van der Waals surface area contributed by atoms with Gasteiger partial charge in [-0.25, -0.2) is 4.98 Å². The van der Waals surface area contributed by atoms with Crippen molar-refractivity contribution < 1.29 is 0 Å². The van der Waals surface area contributed by atoms with E-state index in [1.807, 2.05) is 6.07 Å². The monoisotopic (exact) mass is 268 g/mol. The highest BCUT2D eigenvalue weighted by Gasteiger charge is 1.98. The van der Waals surface area contributed by atoms with Crippen LogP contribution in [0.4, 0.5) is 5.69 Å². The molecule has 0 unspecified atom stereocenters. The Hall–Kier alpha value is -0.0300. The molecule has 10 heavy (non-hydrogen) atoms. The van der Waals surface area contributed by atoms with Crippen molar-refractivity contribution in [2.75, 3.05) is 5.73 Å². The summed E-state index contributed by atoms with van der Waals surface area (Å²) in [6, 6.07) is 1.84. The van der Waals surface area contributed by atoms with E-state index < -0.39 is 0 Å². The molecular formula is C6H6ClIN2. The molecule has 1 aromatic heterocycles. The summed E-state index contributed by atoms with van der Waals surface area (Å²) in [4.78, 5) is 4.03. The molecule has 0 aliphatic rings. The smallest absolute Gasteiger partial charge is 0.105 e. The van der Waals surface area contributed by atoms with Crippen LogP contribution in [0.5, 0.6) is 0 Å². The van der Waals surface area contributed by atoms with Gasteiger partial charge in [0.2, 0.25) is 0 Å². The van der Waals surface area contributed by atoms with Crippen LogP contribution in [0.2, 0.25) is 0 Å². The molecular weight excluding hydrogens is 262 g/mol. The Morgan fingerprint density at radius 2 is 2.40 bits per heavy atom. The number of alkyl halides is 1. The molecule has 0 saturated carbocycles. The fraction of sp³-hybridized carbons (Fsp3) is 0.167. The summed E-state index contributed by atoms with van der Waals surface area (Å²) in [5, 5.41) is 0. The molecule has 0 aromatic carbocycles. The predicted molar refractivity (Wildman–Crippen MR) is 50.9 cm³/mol. The lowest BCUT2D eigenvalue weighted by molar-refractivity contribution is 1.20. The summed E-state index contributed by atoms with van der Waals surface area (Å²) in [5.41, 5.74) is 7.13. The number of rotatable bonds is 1. The van der Waals surface area contributed by atoms with E-state index in [0.717, 1.165) is 9.26 Å². The lowest BCUT2D eigenvalue weighted by Crippen LogP contribution is -1.93. The van der Waals surface area contributed by atoms with E-state index in [2.05, 4.69) is 27.6 Å². The van der Waals surface area contributed by atoms with Crippen LogP contribution >= 0.6 is 34.2 Å². The van der Waals surface area contributed by atoms with Crippen molar-refractivity contribution in [2.45, 2.75) is 5.88 Å². The Morgan fingerprint density at radius 3 is 2.90 bits per heavy atom. The summed E-state index contributed by atoms with van der Waals surface area (Å²) in [6.07, 6.45) is 1.62. The molecule has 0 atom stereocenters. The van der Waals surface area contributed by atoms with Crippen molar-refractivity contribution in [1.82, 2.24) is 4.98 Å². The molecule has 2 N–H and O–H groups in total. The summed E-state index contributed by atoms with van der Waals surface area (Å²) in [5.74, 6) is 0.469. The van der Waals surface area contributed by atoms with Gasteiger partial charge in [0.15, 0.2) is 0 Å². The number of hydrogen-bond donors (Lipinski definition) is 1. The maximum Gasteiger partial charge on any atom is 0.105 e. The highest BCUT2D eigenvalue weighted by molar-refractivity contribution is 14.1. The lowest BCUT2D eigenvalue weighted by atomic mass is 10.3. The van der Waals surface area contributed by atoms with Gasteiger partial charge in [0.25, 0.3) is 0 Å². The van der Waals surface area contributed by atoms with Crippen LogP contribution in [-0.4, -0.2) is 4.98 Å². The van der Waals surface area contributed by atoms with Gasteiger partial charge in [0, 0.05) is 5.56 Å². The van der Waals surface area contributed by atoms with Crippen LogP contribution < -0.4 is 5.73 Å². The second kappa shape index (κ2) is 3.39. The second-order valence-corrected chi connectivity index (χ2v) is 3.14. The molecule has 0 aliphatic heterocycles. The second-order valence-electron chi connectivity index (χ2n) is 1.85. The minimum absolute atomic E-state index is 0.469. The van der Waals surface area contributed by atoms with E-state index in [9.17, 15) is 0 Å². The first-order valence-corrected chi connectivity index (χ1v) is 4.31. The Kier molecular flexibility index (Phi) is 2.73. The van der Waals surface area contributed by atoms with E-state index in [1.165, 1.54) is 0 Å². The zero-order valence-electron chi connectivity index (χ0n) is 5.14. The molecule has 0 radical (unpaired) electrons. The Labute approximate surface area is 77.9 Å². The van der Waals surface area contributed by atoms with Crippen LogP contribution in [0.25, 0.3) is 0 Å². The number of nitrogen functional groups attached to an aromatic ring is 1. The van der Waals surface area contributed by atoms with Gasteiger partial charge in [-0.2, -0.15) is 0 Å². The molecule has 0 saturated heterocycles. The molecule has 0 aliphatic carbocycles. The molecule has 1 aromatic rings. The fourth-order valence-electron chi connectivity index (χ4n) is 0.606. The largest absolute Gasteiger partial charge is 0.397 e. The van der Waals surface area contributed by atoms with Gasteiger partial charge in [-0.15, -0.1) is 11.6 Å². The summed E-state index contributed by atoms with van der Waals surface area (Å²) < 4.78 is 0.918. The summed E-state index contributed by atoms with van der Waals surface area (Å²) in [7, 11) is 0. The first-order chi connectivity index (χ1) is 4.74. The van der Waals surface area contributed by atoms with Gasteiger partial charge >= 0.3 is 0 Å². The van der Waals surface area contributed by atoms with Gasteiger partial charge in [-0.05, 0) is 28.7 Å². The molecule has 0 amide bonds. The Morgan fingerprint density at radius 1 is 1.70 bits per heavy atom. The quantitative estimate of drug-likeness (QED) is 0.481. The van der Waals surface area contributed by atoms with Gasteiger partial charge in [0.05, 0.1) is 17.8 Å². The highest BCUT2D eigenvalue weighted by atomic mass is 127. The average Bonchev–Trinajstić information content (AvgIpc) is 1.94. The van der Waals surface area contributed by atoms with Gasteiger partial charge in [-0.1, -0.05) is 0 Å². The summed E-state index contributed by atoms with van der Waals surface area (Å²) >= 11 is 7.73. The van der Waals surface area contributed by atoms with Crippen LogP contribution in [-0.2, 0) is 5.88 Å². The standard InChI is InChI=1S/C6H6ClIN2/c7-2-4-1-5(9)3-10-6(4)8/h1,3H,2,9H2. The zero-order valence-corrected chi connectivity index (χ0v) is 8.06. The first-order valence-electron chi connectivity index (χ1n) is 2.70. The molecule has 0 spiro atoms. The SMILES string of the molecule is Nc1cnc(I)c(CCl)c1. The summed E-state index contributed by atoms with van der Waals surface area (Å²) in [6.45, 7) is 0. The lowest BCUT2D eigenvalue weighted by Gasteiger charge is -1.98. The van der Waals surface area contributed by atoms with Crippen molar-refractivity contribution in [2.24, 2.45) is 0 Å². The van der Waals surface area contributed by atoms with Crippen molar-refractivity contribution in [1.29, 1.82) is 0 Å². The maximum absolute atomic E-state index is 5.60. The van der Waals surface area contributed by atoms with Crippen molar-refractivity contribution in [3.05, 3.63) is 21.5 Å². The first kappa shape index (κ1) is 8.07.